The van der Waals surface area contributed by atoms with Crippen LogP contribution in [0, 0.1) is 5.92 Å². The molecule has 0 aromatic heterocycles. The Hall–Kier alpha value is -0.0300. The van der Waals surface area contributed by atoms with Gasteiger partial charge in [0.15, 0.2) is 0 Å². The predicted octanol–water partition coefficient (Wildman–Crippen LogP) is 1.68. The number of hydrogen-bond donors (Lipinski definition) is 2. The van der Waals surface area contributed by atoms with E-state index in [0.717, 1.165) is 12.5 Å². The monoisotopic (exact) mass is 313 g/mol. The van der Waals surface area contributed by atoms with Gasteiger partial charge in [0.05, 0.1) is 6.54 Å². The van der Waals surface area contributed by atoms with Crippen LogP contribution in [-0.4, -0.2) is 51.1 Å². The zero-order valence-electron chi connectivity index (χ0n) is 12.3. The van der Waals surface area contributed by atoms with Crippen LogP contribution in [0.5, 0.6) is 0 Å². The van der Waals surface area contributed by atoms with Gasteiger partial charge in [-0.25, -0.2) is 0 Å². The summed E-state index contributed by atoms with van der Waals surface area (Å²) >= 11 is 0. The second-order valence-electron chi connectivity index (χ2n) is 5.26. The van der Waals surface area contributed by atoms with E-state index < -0.39 is 0 Å². The maximum absolute atomic E-state index is 11.5. The van der Waals surface area contributed by atoms with E-state index in [9.17, 15) is 4.79 Å². The molecule has 0 aromatic carbocycles. The molecule has 0 aromatic rings. The van der Waals surface area contributed by atoms with E-state index in [0.29, 0.717) is 12.6 Å². The van der Waals surface area contributed by atoms with Gasteiger partial charge < -0.3 is 15.5 Å². The molecule has 0 saturated heterocycles. The van der Waals surface area contributed by atoms with E-state index in [-0.39, 0.29) is 30.7 Å². The van der Waals surface area contributed by atoms with E-state index in [1.807, 2.05) is 0 Å². The van der Waals surface area contributed by atoms with Crippen LogP contribution in [0.25, 0.3) is 0 Å². The predicted molar refractivity (Wildman–Crippen MR) is 85.5 cm³/mol. The summed E-state index contributed by atoms with van der Waals surface area (Å²) in [4.78, 5) is 13.7. The van der Waals surface area contributed by atoms with Crippen LogP contribution in [0.2, 0.25) is 0 Å². The second-order valence-corrected chi connectivity index (χ2v) is 5.26. The topological polar surface area (TPSA) is 44.4 Å². The fourth-order valence-corrected chi connectivity index (χ4v) is 2.73. The highest BCUT2D eigenvalue weighted by Crippen LogP contribution is 2.27. The molecule has 4 nitrogen and oxygen atoms in total. The van der Waals surface area contributed by atoms with Gasteiger partial charge >= 0.3 is 0 Å². The molecule has 116 valence electrons. The van der Waals surface area contributed by atoms with Crippen molar-refractivity contribution in [2.45, 2.75) is 38.1 Å². The fraction of sp³-hybridized carbons (Fsp3) is 0.923. The molecule has 1 aliphatic carbocycles. The van der Waals surface area contributed by atoms with Crippen LogP contribution in [0.15, 0.2) is 0 Å². The van der Waals surface area contributed by atoms with Crippen molar-refractivity contribution >= 4 is 30.7 Å². The SMILES string of the molecule is CNCC(=O)NCC(C1CCCCC1)N(C)C.Cl.Cl. The van der Waals surface area contributed by atoms with Gasteiger partial charge in [-0.3, -0.25) is 4.79 Å². The van der Waals surface area contributed by atoms with E-state index in [1.165, 1.54) is 32.1 Å². The largest absolute Gasteiger partial charge is 0.353 e. The molecule has 2 N–H and O–H groups in total. The molecule has 0 heterocycles. The number of halogens is 2. The molecule has 0 radical (unpaired) electrons. The lowest BCUT2D eigenvalue weighted by Crippen LogP contribution is -2.46. The Labute approximate surface area is 129 Å². The van der Waals surface area contributed by atoms with Crippen molar-refractivity contribution in [3.05, 3.63) is 0 Å². The average molecular weight is 314 g/mol. The number of nitrogens with zero attached hydrogens (tertiary/aromatic N) is 1. The van der Waals surface area contributed by atoms with Gasteiger partial charge in [0.2, 0.25) is 5.91 Å². The highest BCUT2D eigenvalue weighted by molar-refractivity contribution is 5.85. The Morgan fingerprint density at radius 3 is 2.26 bits per heavy atom. The molecule has 19 heavy (non-hydrogen) atoms. The summed E-state index contributed by atoms with van der Waals surface area (Å²) in [5.41, 5.74) is 0. The lowest BCUT2D eigenvalue weighted by molar-refractivity contribution is -0.120. The molecular weight excluding hydrogens is 285 g/mol. The summed E-state index contributed by atoms with van der Waals surface area (Å²) in [6, 6.07) is 0.483. The van der Waals surface area contributed by atoms with Crippen molar-refractivity contribution in [2.75, 3.05) is 34.2 Å². The maximum atomic E-state index is 11.5. The summed E-state index contributed by atoms with van der Waals surface area (Å²) < 4.78 is 0. The first kappa shape index (κ1) is 21.3. The Balaban J connectivity index is 0. The fourth-order valence-electron chi connectivity index (χ4n) is 2.73. The minimum atomic E-state index is 0. The van der Waals surface area contributed by atoms with Crippen LogP contribution < -0.4 is 10.6 Å². The first-order valence-corrected chi connectivity index (χ1v) is 6.73. The highest BCUT2D eigenvalue weighted by atomic mass is 35.5. The normalized spacial score (nSPS) is 17.3. The van der Waals surface area contributed by atoms with Gasteiger partial charge in [-0.15, -0.1) is 24.8 Å². The third-order valence-electron chi connectivity index (χ3n) is 3.70. The van der Waals surface area contributed by atoms with Gasteiger partial charge in [0, 0.05) is 12.6 Å². The van der Waals surface area contributed by atoms with Gasteiger partial charge in [-0.1, -0.05) is 19.3 Å². The molecule has 1 amide bonds. The molecule has 0 bridgehead atoms. The number of carbonyl (C=O) groups excluding carboxylic acids is 1. The third-order valence-corrected chi connectivity index (χ3v) is 3.70. The van der Waals surface area contributed by atoms with Crippen LogP contribution in [-0.2, 0) is 4.79 Å². The third kappa shape index (κ3) is 7.98. The molecule has 1 atom stereocenters. The van der Waals surface area contributed by atoms with Gasteiger partial charge in [0.1, 0.15) is 0 Å². The molecule has 1 unspecified atom stereocenters. The Morgan fingerprint density at radius 2 is 1.79 bits per heavy atom. The highest BCUT2D eigenvalue weighted by Gasteiger charge is 2.25. The number of hydrogen-bond acceptors (Lipinski definition) is 3. The summed E-state index contributed by atoms with van der Waals surface area (Å²) in [5.74, 6) is 0.837. The van der Waals surface area contributed by atoms with Crippen molar-refractivity contribution in [1.29, 1.82) is 0 Å². The number of likely N-dealkylation sites (N-methyl/N-ethyl adjacent to an activating group) is 2. The zero-order valence-corrected chi connectivity index (χ0v) is 13.9. The Bertz CT molecular complexity index is 234. The maximum Gasteiger partial charge on any atom is 0.234 e. The summed E-state index contributed by atoms with van der Waals surface area (Å²) in [7, 11) is 6.02. The van der Waals surface area contributed by atoms with Crippen LogP contribution in [0.4, 0.5) is 0 Å². The van der Waals surface area contributed by atoms with E-state index in [1.54, 1.807) is 7.05 Å². The second kappa shape index (κ2) is 11.8. The molecule has 1 rings (SSSR count). The number of carbonyl (C=O) groups is 1. The quantitative estimate of drug-likeness (QED) is 0.784. The van der Waals surface area contributed by atoms with E-state index in [2.05, 4.69) is 29.6 Å². The number of nitrogens with one attached hydrogen (secondary N) is 2. The molecule has 6 heteroatoms. The standard InChI is InChI=1S/C13H27N3O.2ClH/c1-14-10-13(17)15-9-12(16(2)3)11-7-5-4-6-8-11;;/h11-12,14H,4-10H2,1-3H3,(H,15,17);2*1H. The molecule has 1 fully saturated rings. The molecule has 0 aliphatic heterocycles. The summed E-state index contributed by atoms with van der Waals surface area (Å²) in [5, 5.41) is 5.89. The lowest BCUT2D eigenvalue weighted by atomic mass is 9.83. The summed E-state index contributed by atoms with van der Waals surface area (Å²) in [6.45, 7) is 1.18. The van der Waals surface area contributed by atoms with Crippen molar-refractivity contribution in [3.8, 4) is 0 Å². The first-order chi connectivity index (χ1) is 8.15. The van der Waals surface area contributed by atoms with Gasteiger partial charge in [-0.2, -0.15) is 0 Å². The van der Waals surface area contributed by atoms with Crippen molar-refractivity contribution in [2.24, 2.45) is 5.92 Å². The summed E-state index contributed by atoms with van der Waals surface area (Å²) in [6.07, 6.45) is 6.69. The lowest BCUT2D eigenvalue weighted by Gasteiger charge is -2.35. The molecule has 1 aliphatic rings. The van der Waals surface area contributed by atoms with Gasteiger partial charge in [-0.05, 0) is 39.9 Å². The van der Waals surface area contributed by atoms with Gasteiger partial charge in [0.25, 0.3) is 0 Å². The number of rotatable bonds is 6. The van der Waals surface area contributed by atoms with Crippen molar-refractivity contribution in [3.63, 3.8) is 0 Å². The zero-order chi connectivity index (χ0) is 12.7. The van der Waals surface area contributed by atoms with Crippen LogP contribution in [0.3, 0.4) is 0 Å². The van der Waals surface area contributed by atoms with Crippen molar-refractivity contribution < 1.29 is 4.79 Å². The van der Waals surface area contributed by atoms with E-state index in [4.69, 9.17) is 0 Å². The molecular formula is C13H29Cl2N3O. The Morgan fingerprint density at radius 1 is 1.21 bits per heavy atom. The number of amides is 1. The van der Waals surface area contributed by atoms with Crippen molar-refractivity contribution in [1.82, 2.24) is 15.5 Å². The molecule has 0 spiro atoms. The minimum absolute atomic E-state index is 0. The first-order valence-electron chi connectivity index (χ1n) is 6.73. The average Bonchev–Trinajstić information content (AvgIpc) is 2.30. The van der Waals surface area contributed by atoms with Crippen LogP contribution in [0.1, 0.15) is 32.1 Å². The minimum Gasteiger partial charge on any atom is -0.353 e. The smallest absolute Gasteiger partial charge is 0.234 e. The molecule has 1 saturated carbocycles. The van der Waals surface area contributed by atoms with Crippen LogP contribution >= 0.6 is 24.8 Å². The Kier molecular flexibility index (Phi) is 13.2. The van der Waals surface area contributed by atoms with E-state index >= 15 is 0 Å².